The lowest BCUT2D eigenvalue weighted by Crippen LogP contribution is -2.44. The smallest absolute Gasteiger partial charge is 0.410 e. The molecule has 1 heterocycles. The van der Waals surface area contributed by atoms with Crippen LogP contribution in [0.15, 0.2) is 0 Å². The van der Waals surface area contributed by atoms with E-state index in [0.29, 0.717) is 12.5 Å². The topological polar surface area (TPSA) is 70.7 Å². The number of rotatable bonds is 7. The van der Waals surface area contributed by atoms with Crippen LogP contribution in [0.25, 0.3) is 0 Å². The zero-order valence-electron chi connectivity index (χ0n) is 15.6. The molecule has 0 unspecified atom stereocenters. The van der Waals surface area contributed by atoms with Crippen LogP contribution in [0, 0.1) is 5.92 Å². The third-order valence-electron chi connectivity index (χ3n) is 4.53. The molecule has 2 atom stereocenters. The first-order chi connectivity index (χ1) is 11.2. The Morgan fingerprint density at radius 3 is 2.58 bits per heavy atom. The number of carbonyl (C=O) groups is 2. The molecule has 6 nitrogen and oxygen atoms in total. The lowest BCUT2D eigenvalue weighted by molar-refractivity contribution is -0.120. The molecule has 0 aromatic rings. The van der Waals surface area contributed by atoms with E-state index in [9.17, 15) is 9.59 Å². The van der Waals surface area contributed by atoms with Crippen molar-refractivity contribution in [2.24, 2.45) is 5.92 Å². The molecule has 1 aliphatic carbocycles. The van der Waals surface area contributed by atoms with Crippen LogP contribution in [0.4, 0.5) is 4.79 Å². The Balaban J connectivity index is 1.70. The van der Waals surface area contributed by atoms with Crippen molar-refractivity contribution in [3.8, 4) is 0 Å². The summed E-state index contributed by atoms with van der Waals surface area (Å²) in [6.07, 6.45) is 5.12. The maximum Gasteiger partial charge on any atom is 0.410 e. The van der Waals surface area contributed by atoms with E-state index in [-0.39, 0.29) is 24.1 Å². The van der Waals surface area contributed by atoms with E-state index in [1.165, 1.54) is 12.8 Å². The Morgan fingerprint density at radius 1 is 1.25 bits per heavy atom. The number of nitrogens with zero attached hydrogens (tertiary/aromatic N) is 1. The second-order valence-corrected chi connectivity index (χ2v) is 8.23. The number of nitrogens with one attached hydrogen (secondary N) is 2. The molecular formula is C18H33N3O3. The summed E-state index contributed by atoms with van der Waals surface area (Å²) in [6.45, 7) is 9.64. The van der Waals surface area contributed by atoms with E-state index in [1.54, 1.807) is 0 Å². The van der Waals surface area contributed by atoms with Crippen LogP contribution < -0.4 is 10.6 Å². The number of ether oxygens (including phenoxy) is 1. The van der Waals surface area contributed by atoms with E-state index < -0.39 is 5.60 Å². The van der Waals surface area contributed by atoms with Gasteiger partial charge < -0.3 is 20.3 Å². The molecule has 2 amide bonds. The van der Waals surface area contributed by atoms with Gasteiger partial charge in [0.1, 0.15) is 5.60 Å². The zero-order valence-corrected chi connectivity index (χ0v) is 15.6. The summed E-state index contributed by atoms with van der Waals surface area (Å²) in [5.74, 6) is 0.761. The number of amides is 2. The van der Waals surface area contributed by atoms with Crippen molar-refractivity contribution in [2.75, 3.05) is 19.6 Å². The summed E-state index contributed by atoms with van der Waals surface area (Å²) in [4.78, 5) is 25.9. The van der Waals surface area contributed by atoms with E-state index in [2.05, 4.69) is 17.6 Å². The highest BCUT2D eigenvalue weighted by atomic mass is 16.6. The van der Waals surface area contributed by atoms with Crippen LogP contribution in [-0.2, 0) is 9.53 Å². The second kappa shape index (κ2) is 8.19. The number of hydrogen-bond acceptors (Lipinski definition) is 4. The fraction of sp³-hybridized carbons (Fsp3) is 0.889. The summed E-state index contributed by atoms with van der Waals surface area (Å²) >= 11 is 0. The van der Waals surface area contributed by atoms with Gasteiger partial charge in [-0.2, -0.15) is 0 Å². The quantitative estimate of drug-likeness (QED) is 0.746. The van der Waals surface area contributed by atoms with Crippen LogP contribution in [-0.4, -0.2) is 54.2 Å². The summed E-state index contributed by atoms with van der Waals surface area (Å²) in [5.41, 5.74) is -0.465. The Morgan fingerprint density at radius 2 is 1.96 bits per heavy atom. The van der Waals surface area contributed by atoms with Gasteiger partial charge in [-0.3, -0.25) is 4.79 Å². The lowest BCUT2D eigenvalue weighted by atomic mass is 10.1. The third-order valence-corrected chi connectivity index (χ3v) is 4.53. The van der Waals surface area contributed by atoms with Gasteiger partial charge in [-0.1, -0.05) is 0 Å². The van der Waals surface area contributed by atoms with Crippen LogP contribution >= 0.6 is 0 Å². The minimum atomic E-state index is -0.465. The Kier molecular flexibility index (Phi) is 6.49. The van der Waals surface area contributed by atoms with Gasteiger partial charge in [0.05, 0.1) is 6.54 Å². The molecule has 1 saturated heterocycles. The summed E-state index contributed by atoms with van der Waals surface area (Å²) in [7, 11) is 0. The molecule has 2 aliphatic rings. The van der Waals surface area contributed by atoms with Crippen molar-refractivity contribution < 1.29 is 14.3 Å². The molecule has 2 N–H and O–H groups in total. The molecule has 2 fully saturated rings. The average Bonchev–Trinajstić information content (AvgIpc) is 3.19. The lowest BCUT2D eigenvalue weighted by Gasteiger charge is -2.30. The van der Waals surface area contributed by atoms with Gasteiger partial charge in [-0.15, -0.1) is 0 Å². The molecule has 6 heteroatoms. The predicted octanol–water partition coefficient (Wildman–Crippen LogP) is 2.28. The van der Waals surface area contributed by atoms with Crippen LogP contribution in [0.1, 0.15) is 59.8 Å². The van der Waals surface area contributed by atoms with Gasteiger partial charge in [-0.05, 0) is 65.7 Å². The van der Waals surface area contributed by atoms with Gasteiger partial charge in [-0.25, -0.2) is 4.79 Å². The van der Waals surface area contributed by atoms with E-state index in [1.807, 2.05) is 25.7 Å². The molecule has 0 aromatic carbocycles. The zero-order chi connectivity index (χ0) is 17.7. The van der Waals surface area contributed by atoms with E-state index in [4.69, 9.17) is 4.74 Å². The van der Waals surface area contributed by atoms with Crippen LogP contribution in [0.2, 0.25) is 0 Å². The fourth-order valence-corrected chi connectivity index (χ4v) is 3.04. The first-order valence-corrected chi connectivity index (χ1v) is 9.24. The molecule has 0 radical (unpaired) electrons. The highest BCUT2D eigenvalue weighted by Crippen LogP contribution is 2.27. The van der Waals surface area contributed by atoms with Crippen molar-refractivity contribution in [3.63, 3.8) is 0 Å². The molecule has 1 aliphatic heterocycles. The monoisotopic (exact) mass is 339 g/mol. The van der Waals surface area contributed by atoms with E-state index >= 15 is 0 Å². The number of carbonyl (C=O) groups excluding carboxylic acids is 2. The van der Waals surface area contributed by atoms with Crippen molar-refractivity contribution in [3.05, 3.63) is 0 Å². The number of likely N-dealkylation sites (tertiary alicyclic amines) is 1. The molecule has 0 bridgehead atoms. The normalized spacial score (nSPS) is 22.3. The van der Waals surface area contributed by atoms with Gasteiger partial charge in [0, 0.05) is 25.2 Å². The Bertz CT molecular complexity index is 443. The SMILES string of the molecule is C[C@H](C[C@H]1CCCN1C(=O)OC(C)(C)C)NCC(=O)NCC1CC1. The highest BCUT2D eigenvalue weighted by molar-refractivity contribution is 5.78. The first kappa shape index (κ1) is 19.0. The van der Waals surface area contributed by atoms with Crippen molar-refractivity contribution in [1.82, 2.24) is 15.5 Å². The summed E-state index contributed by atoms with van der Waals surface area (Å²) in [6, 6.07) is 0.376. The maximum atomic E-state index is 12.3. The molecule has 1 saturated carbocycles. The first-order valence-electron chi connectivity index (χ1n) is 9.24. The third kappa shape index (κ3) is 6.67. The minimum absolute atomic E-state index is 0.0594. The fourth-order valence-electron chi connectivity index (χ4n) is 3.04. The van der Waals surface area contributed by atoms with Crippen LogP contribution in [0.5, 0.6) is 0 Å². The highest BCUT2D eigenvalue weighted by Gasteiger charge is 2.32. The Labute approximate surface area is 145 Å². The van der Waals surface area contributed by atoms with Gasteiger partial charge in [0.15, 0.2) is 0 Å². The second-order valence-electron chi connectivity index (χ2n) is 8.23. The van der Waals surface area contributed by atoms with Crippen LogP contribution in [0.3, 0.4) is 0 Å². The standard InChI is InChI=1S/C18H33N3O3/c1-13(19-12-16(22)20-11-14-7-8-14)10-15-6-5-9-21(15)17(23)24-18(2,3)4/h13-15,19H,5-12H2,1-4H3,(H,20,22)/t13-,15-/m1/s1. The van der Waals surface area contributed by atoms with Crippen molar-refractivity contribution >= 4 is 12.0 Å². The Hall–Kier alpha value is -1.30. The predicted molar refractivity (Wildman–Crippen MR) is 93.8 cm³/mol. The molecule has 0 aromatic heterocycles. The number of hydrogen-bond donors (Lipinski definition) is 2. The maximum absolute atomic E-state index is 12.3. The molecule has 0 spiro atoms. The van der Waals surface area contributed by atoms with Gasteiger partial charge in [0.25, 0.3) is 0 Å². The van der Waals surface area contributed by atoms with Gasteiger partial charge >= 0.3 is 6.09 Å². The summed E-state index contributed by atoms with van der Waals surface area (Å²) < 4.78 is 5.49. The largest absolute Gasteiger partial charge is 0.444 e. The van der Waals surface area contributed by atoms with Crippen molar-refractivity contribution in [1.29, 1.82) is 0 Å². The molecular weight excluding hydrogens is 306 g/mol. The van der Waals surface area contributed by atoms with Crippen molar-refractivity contribution in [2.45, 2.75) is 77.5 Å². The average molecular weight is 339 g/mol. The molecule has 138 valence electrons. The minimum Gasteiger partial charge on any atom is -0.444 e. The summed E-state index contributed by atoms with van der Waals surface area (Å²) in [5, 5.41) is 6.23. The molecule has 2 rings (SSSR count). The van der Waals surface area contributed by atoms with E-state index in [0.717, 1.165) is 32.4 Å². The van der Waals surface area contributed by atoms with Gasteiger partial charge in [0.2, 0.25) is 5.91 Å². The molecule has 24 heavy (non-hydrogen) atoms.